The number of pyridine rings is 2. The van der Waals surface area contributed by atoms with E-state index in [1.165, 1.54) is 9.82 Å². The molecule has 0 amide bonds. The van der Waals surface area contributed by atoms with Gasteiger partial charge in [0.15, 0.2) is 0 Å². The Morgan fingerprint density at radius 3 is 1.21 bits per heavy atom. The molecule has 2 heterocycles. The van der Waals surface area contributed by atoms with E-state index in [1.54, 1.807) is 61.2 Å². The summed E-state index contributed by atoms with van der Waals surface area (Å²) in [4.78, 5) is 19.9. The smallest absolute Gasteiger partial charge is 0.872 e. The molecule has 2 aromatic heterocycles. The van der Waals surface area contributed by atoms with Gasteiger partial charge in [-0.05, 0) is 35.4 Å². The van der Waals surface area contributed by atoms with Gasteiger partial charge in [0.05, 0.1) is 0 Å². The van der Waals surface area contributed by atoms with E-state index in [1.807, 2.05) is 48.5 Å². The van der Waals surface area contributed by atoms with Crippen LogP contribution in [0.1, 0.15) is 22.5 Å². The van der Waals surface area contributed by atoms with E-state index in [4.69, 9.17) is 22.1 Å². The second kappa shape index (κ2) is 26.8. The molecule has 12 nitrogen and oxygen atoms in total. The number of aromatic nitrogens is 2. The topological polar surface area (TPSA) is 214 Å². The molecule has 4 aromatic rings. The molecule has 0 saturated carbocycles. The minimum Gasteiger partial charge on any atom is -0.872 e. The molecule has 2 aromatic carbocycles. The third-order valence-corrected chi connectivity index (χ3v) is 4.75. The molecule has 4 rings (SSSR count). The summed E-state index contributed by atoms with van der Waals surface area (Å²) in [5.41, 5.74) is 30.3. The Morgan fingerprint density at radius 2 is 0.905 bits per heavy atom. The van der Waals surface area contributed by atoms with Crippen LogP contribution in [0.4, 0.5) is 0 Å². The molecule has 0 fully saturated rings. The minimum absolute atomic E-state index is 0. The summed E-state index contributed by atoms with van der Waals surface area (Å²) >= 11 is 0. The Bertz CT molecular complexity index is 1270. The van der Waals surface area contributed by atoms with Crippen molar-refractivity contribution in [1.82, 2.24) is 9.97 Å². The predicted octanol–water partition coefficient (Wildman–Crippen LogP) is 5.36. The first-order valence-corrected chi connectivity index (χ1v) is 11.8. The molecule has 14 heteroatoms. The number of nitrogens with zero attached hydrogens (tertiary/aromatic N) is 10. The van der Waals surface area contributed by atoms with Crippen LogP contribution in [0.2, 0.25) is 0 Å². The molecular weight excluding hydrogens is 639 g/mol. The van der Waals surface area contributed by atoms with Gasteiger partial charge in [-0.25, -0.2) is 0 Å². The zero-order chi connectivity index (χ0) is 29.3. The van der Waals surface area contributed by atoms with E-state index in [0.717, 1.165) is 24.2 Å². The van der Waals surface area contributed by atoms with E-state index in [-0.39, 0.29) is 50.5 Å². The van der Waals surface area contributed by atoms with Crippen LogP contribution in [0, 0.1) is 0 Å². The van der Waals surface area contributed by atoms with Crippen LogP contribution in [-0.4, -0.2) is 35.5 Å². The third-order valence-electron chi connectivity index (χ3n) is 4.75. The van der Waals surface area contributed by atoms with E-state index >= 15 is 0 Å². The molecule has 0 aliphatic rings. The molecular formula is C28H26N10O2Zn2. The van der Waals surface area contributed by atoms with Crippen molar-refractivity contribution in [2.45, 2.75) is 12.8 Å². The first kappa shape index (κ1) is 39.7. The SMILES string of the molecule is [N-]=[N+]=[N-].[N-]=[N+]=[N-].[O-]c1ccccc1C=NCCc1ccccn1.[O-]c1ccccc1C=NCCc1ccccn1.[Zn+2].[Zn+2]. The summed E-state index contributed by atoms with van der Waals surface area (Å²) in [6, 6.07) is 25.4. The van der Waals surface area contributed by atoms with Crippen LogP contribution >= 0.6 is 0 Å². The fourth-order valence-electron chi connectivity index (χ4n) is 2.95. The average Bonchev–Trinajstić information content (AvgIpc) is 2.98. The first-order chi connectivity index (χ1) is 19.5. The molecule has 0 aliphatic carbocycles. The summed E-state index contributed by atoms with van der Waals surface area (Å²) in [7, 11) is 0. The van der Waals surface area contributed by atoms with Crippen molar-refractivity contribution < 1.29 is 49.2 Å². The summed E-state index contributed by atoms with van der Waals surface area (Å²) in [6.45, 7) is 1.29. The minimum atomic E-state index is 0. The van der Waals surface area contributed by atoms with Crippen molar-refractivity contribution in [2.24, 2.45) is 9.98 Å². The molecule has 0 aliphatic heterocycles. The maximum atomic E-state index is 11.4. The summed E-state index contributed by atoms with van der Waals surface area (Å²) in [5.74, 6) is 0.0168. The second-order valence-electron chi connectivity index (χ2n) is 7.47. The van der Waals surface area contributed by atoms with Gasteiger partial charge in [0.25, 0.3) is 0 Å². The number of rotatable bonds is 8. The van der Waals surface area contributed by atoms with Gasteiger partial charge in [-0.2, -0.15) is 0 Å². The molecule has 204 valence electrons. The van der Waals surface area contributed by atoms with Gasteiger partial charge in [0.2, 0.25) is 0 Å². The monoisotopic (exact) mass is 662 g/mol. The Labute approximate surface area is 269 Å². The summed E-state index contributed by atoms with van der Waals surface area (Å²) in [5, 5.41) is 22.8. The third kappa shape index (κ3) is 18.8. The summed E-state index contributed by atoms with van der Waals surface area (Å²) < 4.78 is 0. The van der Waals surface area contributed by atoms with Crippen molar-refractivity contribution in [3.8, 4) is 11.5 Å². The Balaban J connectivity index is 0. The van der Waals surface area contributed by atoms with Gasteiger partial charge in [-0.1, -0.05) is 60.7 Å². The molecule has 0 saturated heterocycles. The Hall–Kier alpha value is -4.45. The van der Waals surface area contributed by atoms with Gasteiger partial charge in [0, 0.05) is 62.1 Å². The van der Waals surface area contributed by atoms with Crippen molar-refractivity contribution in [2.75, 3.05) is 13.1 Å². The van der Waals surface area contributed by atoms with Gasteiger partial charge in [0.1, 0.15) is 0 Å². The van der Waals surface area contributed by atoms with Crippen molar-refractivity contribution >= 4 is 12.4 Å². The largest absolute Gasteiger partial charge is 2.00 e. The zero-order valence-electron chi connectivity index (χ0n) is 22.9. The maximum absolute atomic E-state index is 11.4. The molecule has 42 heavy (non-hydrogen) atoms. The van der Waals surface area contributed by atoms with Crippen molar-refractivity contribution in [3.63, 3.8) is 0 Å². The molecule has 0 N–H and O–H groups in total. The number of benzene rings is 2. The fourth-order valence-corrected chi connectivity index (χ4v) is 2.95. The van der Waals surface area contributed by atoms with E-state index in [2.05, 4.69) is 20.0 Å². The predicted molar refractivity (Wildman–Crippen MR) is 153 cm³/mol. The summed E-state index contributed by atoms with van der Waals surface area (Å²) in [6.07, 6.45) is 8.38. The van der Waals surface area contributed by atoms with Crippen LogP contribution < -0.4 is 10.2 Å². The Kier molecular flexibility index (Phi) is 25.3. The van der Waals surface area contributed by atoms with Crippen LogP contribution in [-0.2, 0) is 51.8 Å². The first-order valence-electron chi connectivity index (χ1n) is 11.8. The molecule has 0 bridgehead atoms. The van der Waals surface area contributed by atoms with Crippen LogP contribution in [0.15, 0.2) is 107 Å². The van der Waals surface area contributed by atoms with Crippen LogP contribution in [0.3, 0.4) is 0 Å². The van der Waals surface area contributed by atoms with E-state index in [9.17, 15) is 10.2 Å². The van der Waals surface area contributed by atoms with Gasteiger partial charge >= 0.3 is 39.0 Å². The van der Waals surface area contributed by atoms with Gasteiger partial charge < -0.3 is 32.3 Å². The van der Waals surface area contributed by atoms with Gasteiger partial charge in [-0.15, -0.1) is 11.5 Å². The second-order valence-corrected chi connectivity index (χ2v) is 7.47. The molecule has 0 radical (unpaired) electrons. The Morgan fingerprint density at radius 1 is 0.571 bits per heavy atom. The average molecular weight is 665 g/mol. The molecule has 0 spiro atoms. The maximum Gasteiger partial charge on any atom is 2.00 e. The number of para-hydroxylation sites is 2. The zero-order valence-corrected chi connectivity index (χ0v) is 28.9. The van der Waals surface area contributed by atoms with E-state index in [0.29, 0.717) is 24.2 Å². The van der Waals surface area contributed by atoms with Crippen LogP contribution in [0.5, 0.6) is 11.5 Å². The normalized spacial score (nSPS) is 9.14. The fraction of sp³-hybridized carbons (Fsp3) is 0.143. The molecule has 0 unspecified atom stereocenters. The van der Waals surface area contributed by atoms with E-state index < -0.39 is 0 Å². The molecule has 0 atom stereocenters. The van der Waals surface area contributed by atoms with Crippen molar-refractivity contribution in [1.29, 1.82) is 0 Å². The van der Waals surface area contributed by atoms with Gasteiger partial charge in [-0.3, -0.25) is 29.8 Å². The number of hydrogen-bond donors (Lipinski definition) is 0. The van der Waals surface area contributed by atoms with Crippen LogP contribution in [0.25, 0.3) is 31.9 Å². The quantitative estimate of drug-likeness (QED) is 0.0798. The standard InChI is InChI=1S/2C14H14N2O.2N3.2Zn/c2*17-14-7-2-1-5-12(14)11-15-10-8-13-6-3-4-9-16-13;2*1-3-2;;/h2*1-7,9,11,17H,8,10H2;;;;/q;;2*-1;2*+2/p-2. The number of aliphatic imine (C=N–C) groups is 2. The van der Waals surface area contributed by atoms with Crippen molar-refractivity contribution in [3.05, 3.63) is 152 Å². The number of hydrogen-bond acceptors (Lipinski definition) is 6.